The first kappa shape index (κ1) is 68.5. The second kappa shape index (κ2) is 52.3. The fourth-order valence-corrected chi connectivity index (χ4v) is 9.51. The number of rotatable bonds is 55. The monoisotopic (exact) mass is 1010 g/mol. The van der Waals surface area contributed by atoms with Crippen molar-refractivity contribution in [3.05, 3.63) is 48.6 Å². The molecule has 0 aliphatic heterocycles. The van der Waals surface area contributed by atoms with Gasteiger partial charge in [-0.25, -0.2) is 4.57 Å². The zero-order valence-electron chi connectivity index (χ0n) is 47.0. The lowest BCUT2D eigenvalue weighted by Gasteiger charge is -2.25. The van der Waals surface area contributed by atoms with Crippen LogP contribution in [0.4, 0.5) is 0 Å². The predicted molar refractivity (Wildman–Crippen MR) is 304 cm³/mol. The fraction of sp³-hybridized carbons (Fsp3) is 0.852. The number of phosphoric ester groups is 1. The van der Waals surface area contributed by atoms with Crippen molar-refractivity contribution >= 4 is 13.7 Å². The van der Waals surface area contributed by atoms with Gasteiger partial charge < -0.3 is 19.8 Å². The van der Waals surface area contributed by atoms with Gasteiger partial charge in [-0.05, 0) is 70.6 Å². The summed E-state index contributed by atoms with van der Waals surface area (Å²) in [4.78, 5) is 23.3. The molecule has 0 aliphatic rings. The number of unbranched alkanes of at least 4 members (excludes halogenated alkanes) is 36. The Hall–Kier alpha value is -1.54. The minimum atomic E-state index is -4.36. The predicted octanol–water partition coefficient (Wildman–Crippen LogP) is 18.3. The minimum absolute atomic E-state index is 0.0523. The number of quaternary nitrogens is 1. The Bertz CT molecular complexity index is 1280. The van der Waals surface area contributed by atoms with E-state index in [1.165, 1.54) is 218 Å². The smallest absolute Gasteiger partial charge is 0.387 e. The van der Waals surface area contributed by atoms with Gasteiger partial charge in [0.15, 0.2) is 0 Å². The molecule has 0 heterocycles. The van der Waals surface area contributed by atoms with E-state index >= 15 is 0 Å². The van der Waals surface area contributed by atoms with Gasteiger partial charge in [0, 0.05) is 6.42 Å². The lowest BCUT2D eigenvalue weighted by molar-refractivity contribution is -0.870. The molecular weight excluding hydrogens is 888 g/mol. The van der Waals surface area contributed by atoms with Gasteiger partial charge in [-0.3, -0.25) is 13.8 Å². The highest BCUT2D eigenvalue weighted by atomic mass is 31.2. The molecule has 0 aromatic heterocycles. The largest absolute Gasteiger partial charge is 0.472 e. The first-order valence-corrected chi connectivity index (χ1v) is 31.5. The minimum Gasteiger partial charge on any atom is -0.387 e. The van der Waals surface area contributed by atoms with Gasteiger partial charge in [0.2, 0.25) is 5.91 Å². The number of aliphatic hydroxyl groups excluding tert-OH is 1. The number of carbonyl (C=O) groups is 1. The molecule has 3 N–H and O–H groups in total. The Morgan fingerprint density at radius 2 is 0.786 bits per heavy atom. The van der Waals surface area contributed by atoms with Crippen LogP contribution in [0, 0.1) is 0 Å². The van der Waals surface area contributed by atoms with Crippen molar-refractivity contribution in [2.24, 2.45) is 0 Å². The number of hydrogen-bond acceptors (Lipinski definition) is 5. The van der Waals surface area contributed by atoms with Gasteiger partial charge >= 0.3 is 7.82 Å². The van der Waals surface area contributed by atoms with Crippen LogP contribution in [0.2, 0.25) is 0 Å². The van der Waals surface area contributed by atoms with Crippen LogP contribution in [0.1, 0.15) is 284 Å². The Balaban J connectivity index is 4.27. The molecule has 0 fully saturated rings. The van der Waals surface area contributed by atoms with Crippen molar-refractivity contribution in [3.63, 3.8) is 0 Å². The molecule has 70 heavy (non-hydrogen) atoms. The third kappa shape index (κ3) is 54.2. The van der Waals surface area contributed by atoms with Gasteiger partial charge in [-0.15, -0.1) is 0 Å². The summed E-state index contributed by atoms with van der Waals surface area (Å²) in [6, 6.07) is -0.874. The van der Waals surface area contributed by atoms with E-state index in [4.69, 9.17) is 9.05 Å². The number of hydrogen-bond donors (Lipinski definition) is 3. The van der Waals surface area contributed by atoms with E-state index < -0.39 is 20.0 Å². The van der Waals surface area contributed by atoms with Crippen LogP contribution in [0.25, 0.3) is 0 Å². The summed E-state index contributed by atoms with van der Waals surface area (Å²) in [7, 11) is 1.55. The Kier molecular flexibility index (Phi) is 51.2. The van der Waals surface area contributed by atoms with Gasteiger partial charge in [-0.1, -0.05) is 255 Å². The van der Waals surface area contributed by atoms with E-state index in [0.717, 1.165) is 44.9 Å². The van der Waals surface area contributed by atoms with E-state index in [1.807, 2.05) is 27.2 Å². The van der Waals surface area contributed by atoms with Gasteiger partial charge in [0.05, 0.1) is 39.9 Å². The van der Waals surface area contributed by atoms with Crippen molar-refractivity contribution < 1.29 is 32.9 Å². The molecule has 1 amide bonds. The van der Waals surface area contributed by atoms with E-state index in [-0.39, 0.29) is 19.1 Å². The standard InChI is InChI=1S/C61H117N2O6P/c1-6-8-10-12-14-16-18-20-22-24-26-28-30-31-33-34-36-38-40-42-44-46-48-50-52-54-60(64)59(58-69-70(66,67)68-57-56-63(3,4)5)62-61(65)55-53-51-49-47-45-43-41-39-37-35-32-29-27-25-23-21-19-17-15-13-11-9-7-2/h35-38,44,46,52,54,59-60,64H,6-34,39-43,45,47-51,53,55-58H2,1-5H3,(H-,62,65,66,67)/p+1/b37-35-,38-36+,46-44+,54-52+. The number of phosphoric acid groups is 1. The number of nitrogens with zero attached hydrogens (tertiary/aromatic N) is 1. The maximum absolute atomic E-state index is 13.0. The molecular formula is C61H118N2O6P+. The molecule has 0 bridgehead atoms. The van der Waals surface area contributed by atoms with E-state index in [0.29, 0.717) is 17.4 Å². The molecule has 3 atom stereocenters. The van der Waals surface area contributed by atoms with Gasteiger partial charge in [0.1, 0.15) is 13.2 Å². The zero-order chi connectivity index (χ0) is 51.3. The summed E-state index contributed by atoms with van der Waals surface area (Å²) in [5.41, 5.74) is 0. The summed E-state index contributed by atoms with van der Waals surface area (Å²) in [6.45, 7) is 4.82. The number of amides is 1. The first-order chi connectivity index (χ1) is 34.0. The van der Waals surface area contributed by atoms with Crippen molar-refractivity contribution in [3.8, 4) is 0 Å². The maximum atomic E-state index is 13.0. The Labute approximate surface area is 435 Å². The molecule has 8 nitrogen and oxygen atoms in total. The number of allylic oxidation sites excluding steroid dienone is 7. The van der Waals surface area contributed by atoms with Crippen LogP contribution in [0.3, 0.4) is 0 Å². The van der Waals surface area contributed by atoms with Crippen molar-refractivity contribution in [2.45, 2.75) is 296 Å². The molecule has 0 radical (unpaired) electrons. The van der Waals surface area contributed by atoms with E-state index in [1.54, 1.807) is 6.08 Å². The quantitative estimate of drug-likeness (QED) is 0.0243. The van der Waals surface area contributed by atoms with E-state index in [2.05, 4.69) is 55.6 Å². The van der Waals surface area contributed by atoms with Crippen molar-refractivity contribution in [1.82, 2.24) is 5.32 Å². The second-order valence-electron chi connectivity index (χ2n) is 21.7. The number of aliphatic hydroxyl groups is 1. The van der Waals surface area contributed by atoms with Crippen LogP contribution < -0.4 is 5.32 Å². The average molecular weight is 1010 g/mol. The number of likely N-dealkylation sites (N-methyl/N-ethyl adjacent to an activating group) is 1. The normalized spacial score (nSPS) is 14.2. The lowest BCUT2D eigenvalue weighted by Crippen LogP contribution is -2.45. The van der Waals surface area contributed by atoms with Crippen molar-refractivity contribution in [2.75, 3.05) is 40.9 Å². The summed E-state index contributed by atoms with van der Waals surface area (Å²) in [5.74, 6) is -0.193. The third-order valence-electron chi connectivity index (χ3n) is 13.5. The molecule has 0 aromatic carbocycles. The molecule has 0 spiro atoms. The number of nitrogens with one attached hydrogen (secondary N) is 1. The summed E-state index contributed by atoms with van der Waals surface area (Å²) in [6.07, 6.45) is 69.4. The first-order valence-electron chi connectivity index (χ1n) is 30.0. The summed E-state index contributed by atoms with van der Waals surface area (Å²) in [5, 5.41) is 13.9. The summed E-state index contributed by atoms with van der Waals surface area (Å²) < 4.78 is 23.7. The van der Waals surface area contributed by atoms with Crippen LogP contribution in [0.15, 0.2) is 48.6 Å². The highest BCUT2D eigenvalue weighted by Gasteiger charge is 2.27. The average Bonchev–Trinajstić information content (AvgIpc) is 3.32. The van der Waals surface area contributed by atoms with Gasteiger partial charge in [0.25, 0.3) is 0 Å². The Morgan fingerprint density at radius 1 is 0.471 bits per heavy atom. The highest BCUT2D eigenvalue weighted by Crippen LogP contribution is 2.43. The molecule has 0 saturated carbocycles. The Morgan fingerprint density at radius 3 is 1.14 bits per heavy atom. The molecule has 3 unspecified atom stereocenters. The van der Waals surface area contributed by atoms with Crippen LogP contribution in [-0.4, -0.2) is 73.4 Å². The molecule has 0 rings (SSSR count). The SMILES string of the molecule is CCCCCCCCCCCCCC/C=C\CCCCCCCCCC(=O)NC(COP(=O)(O)OCC[N+](C)(C)C)C(O)/C=C/CC/C=C/CC/C=C/CCCCCCCCCCCCCCCCC. The second-order valence-corrected chi connectivity index (χ2v) is 23.2. The number of carbonyl (C=O) groups excluding carboxylic acids is 1. The lowest BCUT2D eigenvalue weighted by atomic mass is 10.0. The van der Waals surface area contributed by atoms with Crippen LogP contribution in [0.5, 0.6) is 0 Å². The maximum Gasteiger partial charge on any atom is 0.472 e. The molecule has 412 valence electrons. The van der Waals surface area contributed by atoms with Crippen LogP contribution >= 0.6 is 7.82 Å². The molecule has 0 aliphatic carbocycles. The fourth-order valence-electron chi connectivity index (χ4n) is 8.78. The highest BCUT2D eigenvalue weighted by molar-refractivity contribution is 7.47. The van der Waals surface area contributed by atoms with Crippen LogP contribution in [-0.2, 0) is 18.4 Å². The zero-order valence-corrected chi connectivity index (χ0v) is 47.9. The van der Waals surface area contributed by atoms with Crippen molar-refractivity contribution in [1.29, 1.82) is 0 Å². The molecule has 9 heteroatoms. The van der Waals surface area contributed by atoms with Gasteiger partial charge in [-0.2, -0.15) is 0 Å². The summed E-state index contributed by atoms with van der Waals surface area (Å²) >= 11 is 0. The topological polar surface area (TPSA) is 105 Å². The molecule has 0 saturated heterocycles. The molecule has 0 aromatic rings. The third-order valence-corrected chi connectivity index (χ3v) is 14.5. The van der Waals surface area contributed by atoms with E-state index in [9.17, 15) is 19.4 Å².